The van der Waals surface area contributed by atoms with Gasteiger partial charge in [0.1, 0.15) is 12.4 Å². The fourth-order valence-corrected chi connectivity index (χ4v) is 1.28. The molecule has 2 aromatic carbocycles. The predicted octanol–water partition coefficient (Wildman–Crippen LogP) is 3.34. The van der Waals surface area contributed by atoms with Crippen molar-refractivity contribution in [2.24, 2.45) is 0 Å². The maximum absolute atomic E-state index is 13.2. The number of ether oxygens (including phenoxy) is 1. The average molecular weight is 219 g/mol. The Balaban J connectivity index is 2.09. The van der Waals surface area contributed by atoms with Gasteiger partial charge in [-0.15, -0.1) is 0 Å². The molecule has 16 heavy (non-hydrogen) atoms. The lowest BCUT2D eigenvalue weighted by atomic mass is 10.2. The Labute approximate surface area is 92.3 Å². The number of halogens is 2. The highest BCUT2D eigenvalue weighted by Crippen LogP contribution is 2.17. The summed E-state index contributed by atoms with van der Waals surface area (Å²) < 4.78 is 31.5. The highest BCUT2D eigenvalue weighted by molar-refractivity contribution is 5.24. The lowest BCUT2D eigenvalue weighted by molar-refractivity contribution is 0.284. The van der Waals surface area contributed by atoms with Crippen molar-refractivity contribution in [2.45, 2.75) is 6.61 Å². The smallest absolute Gasteiger partial charge is 0.172 e. The zero-order chi connectivity index (χ0) is 11.4. The maximum atomic E-state index is 13.2. The first-order valence-corrected chi connectivity index (χ1v) is 4.80. The molecule has 0 aromatic heterocycles. The lowest BCUT2D eigenvalue weighted by Gasteiger charge is -2.07. The molecular formula is C13H9F2O. The van der Waals surface area contributed by atoms with Gasteiger partial charge in [0.05, 0.1) is 0 Å². The van der Waals surface area contributed by atoms with Crippen LogP contribution in [0.2, 0.25) is 0 Å². The van der Waals surface area contributed by atoms with Crippen LogP contribution in [0.4, 0.5) is 8.78 Å². The summed E-state index contributed by atoms with van der Waals surface area (Å²) in [4.78, 5) is 0. The van der Waals surface area contributed by atoms with Crippen molar-refractivity contribution >= 4 is 0 Å². The van der Waals surface area contributed by atoms with Crippen molar-refractivity contribution in [3.63, 3.8) is 0 Å². The van der Waals surface area contributed by atoms with E-state index < -0.39 is 5.82 Å². The van der Waals surface area contributed by atoms with Crippen LogP contribution in [0, 0.1) is 17.7 Å². The fourth-order valence-electron chi connectivity index (χ4n) is 1.28. The normalized spacial score (nSPS) is 10.1. The first kappa shape index (κ1) is 10.6. The molecule has 0 aliphatic rings. The standard InChI is InChI=1S/C13H9F2O/c14-11-6-2-1-5-10(11)9-16-13-8-4-3-7-12(13)15/h1-6,8H,9H2. The lowest BCUT2D eigenvalue weighted by Crippen LogP contribution is -1.99. The second kappa shape index (κ2) is 4.75. The zero-order valence-corrected chi connectivity index (χ0v) is 8.41. The van der Waals surface area contributed by atoms with Crippen molar-refractivity contribution in [3.8, 4) is 5.75 Å². The summed E-state index contributed by atoms with van der Waals surface area (Å²) in [6, 6.07) is 13.1. The van der Waals surface area contributed by atoms with Crippen molar-refractivity contribution in [1.82, 2.24) is 0 Å². The Morgan fingerprint density at radius 2 is 1.88 bits per heavy atom. The molecule has 0 N–H and O–H groups in total. The van der Waals surface area contributed by atoms with Gasteiger partial charge in [-0.05, 0) is 12.1 Å². The summed E-state index contributed by atoms with van der Waals surface area (Å²) >= 11 is 0. The summed E-state index contributed by atoms with van der Waals surface area (Å²) in [7, 11) is 0. The SMILES string of the molecule is Fc1[c]cccc1OCc1ccccc1F. The summed E-state index contributed by atoms with van der Waals surface area (Å²) in [5.41, 5.74) is 0.394. The third-order valence-corrected chi connectivity index (χ3v) is 2.11. The van der Waals surface area contributed by atoms with Gasteiger partial charge >= 0.3 is 0 Å². The third-order valence-electron chi connectivity index (χ3n) is 2.11. The number of hydrogen-bond donors (Lipinski definition) is 0. The van der Waals surface area contributed by atoms with E-state index in [0.717, 1.165) is 0 Å². The van der Waals surface area contributed by atoms with Crippen molar-refractivity contribution in [2.75, 3.05) is 0 Å². The molecule has 3 heteroatoms. The van der Waals surface area contributed by atoms with Gasteiger partial charge in [-0.2, -0.15) is 0 Å². The molecule has 81 valence electrons. The fraction of sp³-hybridized carbons (Fsp3) is 0.0769. The molecule has 0 amide bonds. The number of rotatable bonds is 3. The Bertz CT molecular complexity index is 437. The molecule has 0 unspecified atom stereocenters. The van der Waals surface area contributed by atoms with E-state index in [1.54, 1.807) is 24.3 Å². The van der Waals surface area contributed by atoms with Crippen molar-refractivity contribution in [1.29, 1.82) is 0 Å². The van der Waals surface area contributed by atoms with Crippen molar-refractivity contribution < 1.29 is 13.5 Å². The molecule has 0 spiro atoms. The highest BCUT2D eigenvalue weighted by atomic mass is 19.1. The van der Waals surface area contributed by atoms with E-state index in [4.69, 9.17) is 4.74 Å². The van der Waals surface area contributed by atoms with E-state index in [9.17, 15) is 8.78 Å². The minimum atomic E-state index is -0.571. The van der Waals surface area contributed by atoms with Gasteiger partial charge in [-0.3, -0.25) is 0 Å². The topological polar surface area (TPSA) is 9.23 Å². The molecule has 0 bridgehead atoms. The van der Waals surface area contributed by atoms with Gasteiger partial charge in [-0.25, -0.2) is 8.78 Å². The van der Waals surface area contributed by atoms with Crippen molar-refractivity contribution in [3.05, 3.63) is 65.7 Å². The van der Waals surface area contributed by atoms with Gasteiger partial charge in [0.2, 0.25) is 0 Å². The van der Waals surface area contributed by atoms with Crippen LogP contribution in [0.5, 0.6) is 5.75 Å². The molecule has 2 aromatic rings. The number of benzene rings is 2. The van der Waals surface area contributed by atoms with Crippen LogP contribution in [-0.4, -0.2) is 0 Å². The average Bonchev–Trinajstić information content (AvgIpc) is 2.30. The molecule has 2 rings (SSSR count). The zero-order valence-electron chi connectivity index (χ0n) is 8.41. The summed E-state index contributed by atoms with van der Waals surface area (Å²) in [5, 5.41) is 0. The quantitative estimate of drug-likeness (QED) is 0.769. The molecule has 0 atom stereocenters. The molecule has 0 aliphatic carbocycles. The first-order chi connectivity index (χ1) is 7.77. The van der Waals surface area contributed by atoms with E-state index in [-0.39, 0.29) is 18.2 Å². The van der Waals surface area contributed by atoms with E-state index in [1.807, 2.05) is 0 Å². The van der Waals surface area contributed by atoms with Crippen LogP contribution < -0.4 is 4.74 Å². The van der Waals surface area contributed by atoms with Crippen LogP contribution in [0.1, 0.15) is 5.56 Å². The Kier molecular flexibility index (Phi) is 3.15. The second-order valence-corrected chi connectivity index (χ2v) is 3.23. The molecule has 0 aliphatic heterocycles. The summed E-state index contributed by atoms with van der Waals surface area (Å²) in [5.74, 6) is -0.854. The van der Waals surface area contributed by atoms with Crippen LogP contribution in [0.15, 0.2) is 42.5 Å². The highest BCUT2D eigenvalue weighted by Gasteiger charge is 2.04. The molecule has 0 heterocycles. The van der Waals surface area contributed by atoms with E-state index >= 15 is 0 Å². The Morgan fingerprint density at radius 1 is 1.06 bits per heavy atom. The van der Waals surface area contributed by atoms with Crippen LogP contribution >= 0.6 is 0 Å². The van der Waals surface area contributed by atoms with Crippen LogP contribution in [0.25, 0.3) is 0 Å². The predicted molar refractivity (Wildman–Crippen MR) is 56.0 cm³/mol. The summed E-state index contributed by atoms with van der Waals surface area (Å²) in [6.07, 6.45) is 0. The molecule has 0 saturated heterocycles. The van der Waals surface area contributed by atoms with Gasteiger partial charge in [0, 0.05) is 11.6 Å². The van der Waals surface area contributed by atoms with Gasteiger partial charge < -0.3 is 4.74 Å². The van der Waals surface area contributed by atoms with Gasteiger partial charge in [0.15, 0.2) is 11.6 Å². The van der Waals surface area contributed by atoms with Gasteiger partial charge in [-0.1, -0.05) is 30.3 Å². The first-order valence-electron chi connectivity index (χ1n) is 4.80. The minimum absolute atomic E-state index is 0.00144. The van der Waals surface area contributed by atoms with Crippen LogP contribution in [0.3, 0.4) is 0 Å². The maximum Gasteiger partial charge on any atom is 0.172 e. The van der Waals surface area contributed by atoms with Crippen LogP contribution in [-0.2, 0) is 6.61 Å². The molecular weight excluding hydrogens is 210 g/mol. The van der Waals surface area contributed by atoms with E-state index in [2.05, 4.69) is 6.07 Å². The second-order valence-electron chi connectivity index (χ2n) is 3.23. The molecule has 1 nitrogen and oxygen atoms in total. The molecule has 1 radical (unpaired) electrons. The molecule has 0 fully saturated rings. The monoisotopic (exact) mass is 219 g/mol. The van der Waals surface area contributed by atoms with E-state index in [1.165, 1.54) is 18.2 Å². The minimum Gasteiger partial charge on any atom is -0.486 e. The Hall–Kier alpha value is -1.90. The Morgan fingerprint density at radius 3 is 2.62 bits per heavy atom. The molecule has 0 saturated carbocycles. The largest absolute Gasteiger partial charge is 0.486 e. The third kappa shape index (κ3) is 2.37. The number of hydrogen-bond acceptors (Lipinski definition) is 1. The summed E-state index contributed by atoms with van der Waals surface area (Å²) in [6.45, 7) is 0.00144. The van der Waals surface area contributed by atoms with Gasteiger partial charge in [0.25, 0.3) is 0 Å². The van der Waals surface area contributed by atoms with E-state index in [0.29, 0.717) is 5.56 Å².